The van der Waals surface area contributed by atoms with Gasteiger partial charge < -0.3 is 5.11 Å². The van der Waals surface area contributed by atoms with Crippen LogP contribution in [-0.4, -0.2) is 11.1 Å². The smallest absolute Gasteiger partial charge is 0.309 e. The Balaban J connectivity index is 2.12. The highest BCUT2D eigenvalue weighted by molar-refractivity contribution is 5.75. The van der Waals surface area contributed by atoms with Crippen LogP contribution in [0.5, 0.6) is 0 Å². The average Bonchev–Trinajstić information content (AvgIpc) is 2.37. The fourth-order valence-corrected chi connectivity index (χ4v) is 4.88. The van der Waals surface area contributed by atoms with E-state index in [4.69, 9.17) is 0 Å². The normalized spacial score (nSPS) is 36.0. The zero-order valence-electron chi connectivity index (χ0n) is 12.7. The maximum absolute atomic E-state index is 11.8. The van der Waals surface area contributed by atoms with E-state index in [2.05, 4.69) is 32.0 Å². The number of rotatable bonds is 1. The van der Waals surface area contributed by atoms with Gasteiger partial charge in [0.15, 0.2) is 0 Å². The second-order valence-corrected chi connectivity index (χ2v) is 7.25. The summed E-state index contributed by atoms with van der Waals surface area (Å²) in [4.78, 5) is 11.8. The molecule has 108 valence electrons. The molecule has 1 aromatic rings. The monoisotopic (exact) mass is 272 g/mol. The van der Waals surface area contributed by atoms with Crippen molar-refractivity contribution in [3.8, 4) is 0 Å². The van der Waals surface area contributed by atoms with Crippen LogP contribution in [0, 0.1) is 18.3 Å². The molecule has 3 atom stereocenters. The van der Waals surface area contributed by atoms with Crippen molar-refractivity contribution in [3.05, 3.63) is 34.9 Å². The number of benzene rings is 1. The number of fused-ring (bicyclic) bond motifs is 3. The minimum absolute atomic E-state index is 0.0344. The molecule has 1 N–H and O–H groups in total. The lowest BCUT2D eigenvalue weighted by Crippen LogP contribution is -2.52. The Morgan fingerprint density at radius 2 is 2.05 bits per heavy atom. The molecule has 0 saturated heterocycles. The van der Waals surface area contributed by atoms with Gasteiger partial charge in [-0.05, 0) is 62.0 Å². The highest BCUT2D eigenvalue weighted by atomic mass is 16.4. The summed E-state index contributed by atoms with van der Waals surface area (Å²) in [5.41, 5.74) is 3.63. The molecule has 0 amide bonds. The summed E-state index contributed by atoms with van der Waals surface area (Å²) in [6, 6.07) is 6.73. The van der Waals surface area contributed by atoms with Crippen LogP contribution in [0.2, 0.25) is 0 Å². The molecule has 2 aliphatic rings. The van der Waals surface area contributed by atoms with E-state index in [9.17, 15) is 9.90 Å². The van der Waals surface area contributed by atoms with E-state index in [1.165, 1.54) is 16.7 Å². The summed E-state index contributed by atoms with van der Waals surface area (Å²) in [7, 11) is 0. The van der Waals surface area contributed by atoms with Crippen LogP contribution >= 0.6 is 0 Å². The van der Waals surface area contributed by atoms with E-state index >= 15 is 0 Å². The van der Waals surface area contributed by atoms with Gasteiger partial charge in [-0.1, -0.05) is 37.1 Å². The van der Waals surface area contributed by atoms with E-state index in [1.807, 2.05) is 6.92 Å². The predicted octanol–water partition coefficient (Wildman–Crippen LogP) is 4.09. The molecule has 2 aliphatic carbocycles. The van der Waals surface area contributed by atoms with Crippen molar-refractivity contribution in [1.29, 1.82) is 0 Å². The maximum Gasteiger partial charge on any atom is 0.309 e. The lowest BCUT2D eigenvalue weighted by molar-refractivity contribution is -0.157. The first kappa shape index (κ1) is 13.7. The summed E-state index contributed by atoms with van der Waals surface area (Å²) >= 11 is 0. The van der Waals surface area contributed by atoms with Crippen LogP contribution in [-0.2, 0) is 16.6 Å². The van der Waals surface area contributed by atoms with Gasteiger partial charge in [0.05, 0.1) is 5.41 Å². The molecule has 0 radical (unpaired) electrons. The zero-order chi connectivity index (χ0) is 14.5. The van der Waals surface area contributed by atoms with Gasteiger partial charge in [0, 0.05) is 0 Å². The van der Waals surface area contributed by atoms with Crippen molar-refractivity contribution < 1.29 is 9.90 Å². The molecule has 1 fully saturated rings. The van der Waals surface area contributed by atoms with Crippen molar-refractivity contribution >= 4 is 5.97 Å². The molecule has 20 heavy (non-hydrogen) atoms. The molecule has 0 unspecified atom stereocenters. The number of hydrogen-bond acceptors (Lipinski definition) is 1. The van der Waals surface area contributed by atoms with Gasteiger partial charge in [-0.2, -0.15) is 0 Å². The van der Waals surface area contributed by atoms with E-state index in [0.717, 1.165) is 32.1 Å². The molecule has 1 aromatic carbocycles. The number of carbonyl (C=O) groups is 1. The Kier molecular flexibility index (Phi) is 2.97. The lowest BCUT2D eigenvalue weighted by Gasteiger charge is -2.53. The Morgan fingerprint density at radius 3 is 2.75 bits per heavy atom. The molecule has 0 aromatic heterocycles. The van der Waals surface area contributed by atoms with Gasteiger partial charge in [-0.25, -0.2) is 0 Å². The van der Waals surface area contributed by atoms with Gasteiger partial charge in [0.1, 0.15) is 0 Å². The second kappa shape index (κ2) is 4.34. The molecular formula is C18H24O2. The summed E-state index contributed by atoms with van der Waals surface area (Å²) in [6.45, 7) is 6.40. The number of aryl methyl sites for hydroxylation is 2. The number of aliphatic carboxylic acids is 1. The van der Waals surface area contributed by atoms with E-state index in [-0.39, 0.29) is 11.3 Å². The first-order valence-corrected chi connectivity index (χ1v) is 7.71. The Hall–Kier alpha value is -1.31. The van der Waals surface area contributed by atoms with Crippen LogP contribution in [0.15, 0.2) is 18.2 Å². The Morgan fingerprint density at radius 1 is 1.30 bits per heavy atom. The van der Waals surface area contributed by atoms with Gasteiger partial charge in [-0.15, -0.1) is 0 Å². The molecule has 0 aliphatic heterocycles. The molecule has 3 rings (SSSR count). The SMILES string of the molecule is Cc1ccc2c(c1)CC[C@H]1[C@](C)(C(=O)O)CCC[C@]21C. The fraction of sp³-hybridized carbons (Fsp3) is 0.611. The van der Waals surface area contributed by atoms with Gasteiger partial charge in [0.25, 0.3) is 0 Å². The molecule has 0 heterocycles. The van der Waals surface area contributed by atoms with Gasteiger partial charge in [-0.3, -0.25) is 4.79 Å². The summed E-state index contributed by atoms with van der Waals surface area (Å²) in [6.07, 6.45) is 5.00. The van der Waals surface area contributed by atoms with Gasteiger partial charge >= 0.3 is 5.97 Å². The molecule has 0 bridgehead atoms. The van der Waals surface area contributed by atoms with Crippen molar-refractivity contribution in [2.75, 3.05) is 0 Å². The van der Waals surface area contributed by atoms with E-state index in [1.54, 1.807) is 0 Å². The minimum Gasteiger partial charge on any atom is -0.481 e. The standard InChI is InChI=1S/C18H24O2/c1-12-5-7-14-13(11-12)6-8-15-17(14,2)9-4-10-18(15,3)16(19)20/h5,7,11,15H,4,6,8-10H2,1-3H3,(H,19,20)/t15-,17-,18-/m1/s1. The molecular weight excluding hydrogens is 248 g/mol. The number of carboxylic acids is 1. The van der Waals surface area contributed by atoms with Gasteiger partial charge in [0.2, 0.25) is 0 Å². The highest BCUT2D eigenvalue weighted by Crippen LogP contribution is 2.57. The zero-order valence-corrected chi connectivity index (χ0v) is 12.7. The molecule has 2 heteroatoms. The van der Waals surface area contributed by atoms with Crippen molar-refractivity contribution in [2.24, 2.45) is 11.3 Å². The van der Waals surface area contributed by atoms with Crippen LogP contribution in [0.4, 0.5) is 0 Å². The van der Waals surface area contributed by atoms with Crippen molar-refractivity contribution in [2.45, 2.75) is 58.3 Å². The number of carboxylic acid groups (broad SMARTS) is 1. The van der Waals surface area contributed by atoms with Crippen molar-refractivity contribution in [1.82, 2.24) is 0 Å². The maximum atomic E-state index is 11.8. The average molecular weight is 272 g/mol. The van der Waals surface area contributed by atoms with Crippen LogP contribution in [0.25, 0.3) is 0 Å². The third kappa shape index (κ3) is 1.73. The highest BCUT2D eigenvalue weighted by Gasteiger charge is 2.55. The lowest BCUT2D eigenvalue weighted by atomic mass is 9.50. The van der Waals surface area contributed by atoms with E-state index < -0.39 is 11.4 Å². The predicted molar refractivity (Wildman–Crippen MR) is 79.9 cm³/mol. The number of hydrogen-bond donors (Lipinski definition) is 1. The Bertz CT molecular complexity index is 563. The topological polar surface area (TPSA) is 37.3 Å². The molecule has 2 nitrogen and oxygen atoms in total. The summed E-state index contributed by atoms with van der Waals surface area (Å²) in [5.74, 6) is -0.347. The Labute approximate surface area is 121 Å². The third-order valence-corrected chi connectivity index (χ3v) is 6.00. The van der Waals surface area contributed by atoms with Crippen LogP contribution < -0.4 is 0 Å². The second-order valence-electron chi connectivity index (χ2n) is 7.25. The first-order valence-electron chi connectivity index (χ1n) is 7.71. The van der Waals surface area contributed by atoms with E-state index in [0.29, 0.717) is 0 Å². The summed E-state index contributed by atoms with van der Waals surface area (Å²) in [5, 5.41) is 9.74. The quantitative estimate of drug-likeness (QED) is 0.836. The van der Waals surface area contributed by atoms with Crippen LogP contribution in [0.1, 0.15) is 56.2 Å². The first-order chi connectivity index (χ1) is 9.38. The largest absolute Gasteiger partial charge is 0.481 e. The van der Waals surface area contributed by atoms with Crippen molar-refractivity contribution in [3.63, 3.8) is 0 Å². The third-order valence-electron chi connectivity index (χ3n) is 6.00. The minimum atomic E-state index is -0.607. The summed E-state index contributed by atoms with van der Waals surface area (Å²) < 4.78 is 0. The molecule has 0 spiro atoms. The van der Waals surface area contributed by atoms with Crippen LogP contribution in [0.3, 0.4) is 0 Å². The fourth-order valence-electron chi connectivity index (χ4n) is 4.88. The molecule has 1 saturated carbocycles.